The van der Waals surface area contributed by atoms with Gasteiger partial charge < -0.3 is 20.9 Å². The molecule has 1 fully saturated rings. The van der Waals surface area contributed by atoms with Crippen molar-refractivity contribution in [3.05, 3.63) is 12.4 Å². The summed E-state index contributed by atoms with van der Waals surface area (Å²) in [7, 11) is 0. The fourth-order valence-electron chi connectivity index (χ4n) is 1.46. The molecule has 0 amide bonds. The third-order valence-corrected chi connectivity index (χ3v) is 2.33. The Hall–Kier alpha value is -1.40. The van der Waals surface area contributed by atoms with Gasteiger partial charge in [0.25, 0.3) is 0 Å². The van der Waals surface area contributed by atoms with E-state index < -0.39 is 5.60 Å². The van der Waals surface area contributed by atoms with Crippen molar-refractivity contribution < 1.29 is 9.84 Å². The van der Waals surface area contributed by atoms with Gasteiger partial charge in [-0.15, -0.1) is 0 Å². The second kappa shape index (κ2) is 4.00. The summed E-state index contributed by atoms with van der Waals surface area (Å²) in [4.78, 5) is 7.91. The zero-order valence-electron chi connectivity index (χ0n) is 8.31. The van der Waals surface area contributed by atoms with E-state index in [0.717, 1.165) is 0 Å². The van der Waals surface area contributed by atoms with Crippen LogP contribution in [0, 0.1) is 0 Å². The monoisotopic (exact) mass is 210 g/mol. The lowest BCUT2D eigenvalue weighted by Crippen LogP contribution is -2.37. The number of hydrogen-bond donors (Lipinski definition) is 3. The minimum absolute atomic E-state index is 0.356. The SMILES string of the molecule is Nc1cncc(NCC2(O)CCOC2)n1. The van der Waals surface area contributed by atoms with E-state index in [0.29, 0.717) is 37.8 Å². The van der Waals surface area contributed by atoms with Gasteiger partial charge in [0.1, 0.15) is 17.2 Å². The van der Waals surface area contributed by atoms with Crippen molar-refractivity contribution in [2.75, 3.05) is 30.8 Å². The molecule has 2 heterocycles. The van der Waals surface area contributed by atoms with Crippen LogP contribution in [0.3, 0.4) is 0 Å². The first-order valence-corrected chi connectivity index (χ1v) is 4.79. The van der Waals surface area contributed by atoms with E-state index in [1.807, 2.05) is 0 Å². The molecule has 1 aliphatic rings. The molecule has 6 nitrogen and oxygen atoms in total. The zero-order chi connectivity index (χ0) is 10.7. The Morgan fingerprint density at radius 2 is 2.47 bits per heavy atom. The molecule has 0 saturated carbocycles. The van der Waals surface area contributed by atoms with E-state index >= 15 is 0 Å². The van der Waals surface area contributed by atoms with Crippen LogP contribution >= 0.6 is 0 Å². The number of nitrogens with zero attached hydrogens (tertiary/aromatic N) is 2. The molecule has 15 heavy (non-hydrogen) atoms. The van der Waals surface area contributed by atoms with Crippen LogP contribution in [0.1, 0.15) is 6.42 Å². The van der Waals surface area contributed by atoms with Crippen LogP contribution in [0.15, 0.2) is 12.4 Å². The van der Waals surface area contributed by atoms with E-state index in [1.54, 1.807) is 6.20 Å². The Kier molecular flexibility index (Phi) is 2.70. The predicted molar refractivity (Wildman–Crippen MR) is 55.3 cm³/mol. The van der Waals surface area contributed by atoms with Gasteiger partial charge >= 0.3 is 0 Å². The van der Waals surface area contributed by atoms with Gasteiger partial charge in [-0.05, 0) is 0 Å². The Bertz CT molecular complexity index is 339. The first-order chi connectivity index (χ1) is 7.18. The van der Waals surface area contributed by atoms with Crippen LogP contribution in [0.4, 0.5) is 11.6 Å². The third kappa shape index (κ3) is 2.54. The number of aliphatic hydroxyl groups is 1. The molecule has 4 N–H and O–H groups in total. The molecule has 1 aliphatic heterocycles. The lowest BCUT2D eigenvalue weighted by molar-refractivity contribution is 0.0381. The number of hydrogen-bond acceptors (Lipinski definition) is 6. The highest BCUT2D eigenvalue weighted by atomic mass is 16.5. The molecule has 1 aromatic rings. The van der Waals surface area contributed by atoms with Crippen molar-refractivity contribution in [2.24, 2.45) is 0 Å². The van der Waals surface area contributed by atoms with Gasteiger partial charge in [-0.1, -0.05) is 0 Å². The Morgan fingerprint density at radius 3 is 3.13 bits per heavy atom. The lowest BCUT2D eigenvalue weighted by Gasteiger charge is -2.20. The number of rotatable bonds is 3. The van der Waals surface area contributed by atoms with Crippen molar-refractivity contribution in [1.82, 2.24) is 9.97 Å². The molecule has 2 rings (SSSR count). The molecule has 0 radical (unpaired) electrons. The Labute approximate surface area is 87.5 Å². The molecule has 0 aliphatic carbocycles. The molecular formula is C9H14N4O2. The smallest absolute Gasteiger partial charge is 0.147 e. The molecule has 0 bridgehead atoms. The maximum atomic E-state index is 9.95. The standard InChI is InChI=1S/C9H14N4O2/c10-7-3-11-4-8(13-7)12-5-9(14)1-2-15-6-9/h3-4,14H,1-2,5-6H2,(H3,10,12,13). The van der Waals surface area contributed by atoms with Gasteiger partial charge in [0.05, 0.1) is 19.0 Å². The molecule has 82 valence electrons. The molecule has 1 unspecified atom stereocenters. The molecule has 1 aromatic heterocycles. The largest absolute Gasteiger partial charge is 0.386 e. The summed E-state index contributed by atoms with van der Waals surface area (Å²) in [6.07, 6.45) is 3.67. The topological polar surface area (TPSA) is 93.3 Å². The number of aromatic nitrogens is 2. The second-order valence-electron chi connectivity index (χ2n) is 3.71. The molecular weight excluding hydrogens is 196 g/mol. The van der Waals surface area contributed by atoms with E-state index in [2.05, 4.69) is 15.3 Å². The fourth-order valence-corrected chi connectivity index (χ4v) is 1.46. The van der Waals surface area contributed by atoms with Gasteiger partial charge in [-0.2, -0.15) is 0 Å². The van der Waals surface area contributed by atoms with Crippen LogP contribution in [-0.2, 0) is 4.74 Å². The summed E-state index contributed by atoms with van der Waals surface area (Å²) in [5, 5.41) is 12.9. The van der Waals surface area contributed by atoms with Crippen molar-refractivity contribution in [1.29, 1.82) is 0 Å². The van der Waals surface area contributed by atoms with Crippen molar-refractivity contribution >= 4 is 11.6 Å². The van der Waals surface area contributed by atoms with Gasteiger partial charge in [0.2, 0.25) is 0 Å². The molecule has 0 aromatic carbocycles. The van der Waals surface area contributed by atoms with Gasteiger partial charge in [-0.25, -0.2) is 4.98 Å². The van der Waals surface area contributed by atoms with E-state index in [9.17, 15) is 5.11 Å². The summed E-state index contributed by atoms with van der Waals surface area (Å²) < 4.78 is 5.12. The third-order valence-electron chi connectivity index (χ3n) is 2.33. The first kappa shape index (κ1) is 10.1. The number of anilines is 2. The van der Waals surface area contributed by atoms with Gasteiger partial charge in [-0.3, -0.25) is 4.98 Å². The van der Waals surface area contributed by atoms with Crippen molar-refractivity contribution in [2.45, 2.75) is 12.0 Å². The Balaban J connectivity index is 1.92. The predicted octanol–water partition coefficient (Wildman–Crippen LogP) is -0.378. The molecule has 0 spiro atoms. The molecule has 1 atom stereocenters. The quantitative estimate of drug-likeness (QED) is 0.630. The van der Waals surface area contributed by atoms with Crippen molar-refractivity contribution in [3.63, 3.8) is 0 Å². The highest BCUT2D eigenvalue weighted by Crippen LogP contribution is 2.18. The number of nitrogens with two attached hydrogens (primary N) is 1. The van der Waals surface area contributed by atoms with E-state index in [1.165, 1.54) is 6.20 Å². The molecule has 6 heteroatoms. The Morgan fingerprint density at radius 1 is 1.60 bits per heavy atom. The fraction of sp³-hybridized carbons (Fsp3) is 0.556. The minimum atomic E-state index is -0.799. The molecule has 1 saturated heterocycles. The zero-order valence-corrected chi connectivity index (χ0v) is 8.31. The summed E-state index contributed by atoms with van der Waals surface area (Å²) in [5.74, 6) is 0.921. The van der Waals surface area contributed by atoms with Crippen LogP contribution in [0.2, 0.25) is 0 Å². The summed E-state index contributed by atoms with van der Waals surface area (Å²) in [5.41, 5.74) is 4.68. The van der Waals surface area contributed by atoms with Crippen LogP contribution in [0.5, 0.6) is 0 Å². The summed E-state index contributed by atoms with van der Waals surface area (Å²) in [6.45, 7) is 1.35. The first-order valence-electron chi connectivity index (χ1n) is 4.79. The lowest BCUT2D eigenvalue weighted by atomic mass is 10.0. The summed E-state index contributed by atoms with van der Waals surface area (Å²) in [6, 6.07) is 0. The minimum Gasteiger partial charge on any atom is -0.386 e. The van der Waals surface area contributed by atoms with E-state index in [-0.39, 0.29) is 0 Å². The normalized spacial score (nSPS) is 25.4. The highest BCUT2D eigenvalue weighted by molar-refractivity contribution is 5.38. The van der Waals surface area contributed by atoms with Crippen LogP contribution in [0.25, 0.3) is 0 Å². The number of ether oxygens (including phenoxy) is 1. The van der Waals surface area contributed by atoms with Gasteiger partial charge in [0.15, 0.2) is 0 Å². The average molecular weight is 210 g/mol. The average Bonchev–Trinajstić information content (AvgIpc) is 2.63. The maximum Gasteiger partial charge on any atom is 0.147 e. The second-order valence-corrected chi connectivity index (χ2v) is 3.71. The highest BCUT2D eigenvalue weighted by Gasteiger charge is 2.31. The number of nitrogens with one attached hydrogen (secondary N) is 1. The van der Waals surface area contributed by atoms with Crippen LogP contribution in [-0.4, -0.2) is 40.4 Å². The van der Waals surface area contributed by atoms with E-state index in [4.69, 9.17) is 10.5 Å². The van der Waals surface area contributed by atoms with Gasteiger partial charge in [0, 0.05) is 19.6 Å². The number of nitrogen functional groups attached to an aromatic ring is 1. The van der Waals surface area contributed by atoms with Crippen molar-refractivity contribution in [3.8, 4) is 0 Å². The maximum absolute atomic E-state index is 9.95. The van der Waals surface area contributed by atoms with Crippen LogP contribution < -0.4 is 11.1 Å². The summed E-state index contributed by atoms with van der Waals surface area (Å²) >= 11 is 0.